The summed E-state index contributed by atoms with van der Waals surface area (Å²) in [4.78, 5) is 23.0. The van der Waals surface area contributed by atoms with Crippen molar-refractivity contribution in [2.75, 3.05) is 5.32 Å². The summed E-state index contributed by atoms with van der Waals surface area (Å²) in [6.07, 6.45) is 1.07. The number of primary sulfonamides is 1. The molecule has 1 atom stereocenters. The molecular formula is C13H20N4O4S. The highest BCUT2D eigenvalue weighted by molar-refractivity contribution is 7.89. The number of benzene rings is 1. The van der Waals surface area contributed by atoms with Crippen LogP contribution in [0.1, 0.15) is 25.3 Å². The summed E-state index contributed by atoms with van der Waals surface area (Å²) in [6.45, 7) is 3.45. The Kier molecular flexibility index (Phi) is 5.89. The summed E-state index contributed by atoms with van der Waals surface area (Å²) < 4.78 is 22.9. The Bertz CT molecular complexity index is 673. The monoisotopic (exact) mass is 328 g/mol. The molecule has 9 heteroatoms. The van der Waals surface area contributed by atoms with E-state index in [1.165, 1.54) is 12.1 Å². The minimum Gasteiger partial charge on any atom is -0.352 e. The largest absolute Gasteiger partial charge is 0.352 e. The zero-order valence-electron chi connectivity index (χ0n) is 12.4. The molecule has 1 aromatic carbocycles. The number of anilines is 1. The Morgan fingerprint density at radius 1 is 1.32 bits per heavy atom. The minimum atomic E-state index is -3.88. The first kappa shape index (κ1) is 17.9. The van der Waals surface area contributed by atoms with Gasteiger partial charge >= 0.3 is 6.03 Å². The molecule has 0 radical (unpaired) electrons. The normalized spacial score (nSPS) is 12.5. The fourth-order valence-electron chi connectivity index (χ4n) is 1.94. The second-order valence-electron chi connectivity index (χ2n) is 4.86. The van der Waals surface area contributed by atoms with E-state index in [1.807, 2.05) is 6.92 Å². The summed E-state index contributed by atoms with van der Waals surface area (Å²) in [7, 11) is -3.88. The number of carbonyl (C=O) groups excluding carboxylic acids is 2. The minimum absolute atomic E-state index is 0.0693. The highest BCUT2D eigenvalue weighted by atomic mass is 32.2. The van der Waals surface area contributed by atoms with E-state index in [0.29, 0.717) is 18.4 Å². The van der Waals surface area contributed by atoms with Crippen LogP contribution in [-0.4, -0.2) is 26.4 Å². The molecule has 0 fully saturated rings. The van der Waals surface area contributed by atoms with Crippen LogP contribution in [0.2, 0.25) is 0 Å². The maximum Gasteiger partial charge on any atom is 0.312 e. The van der Waals surface area contributed by atoms with E-state index in [9.17, 15) is 18.0 Å². The molecule has 0 saturated heterocycles. The summed E-state index contributed by atoms with van der Waals surface area (Å²) in [6, 6.07) is 2.76. The zero-order valence-corrected chi connectivity index (χ0v) is 13.2. The smallest absolute Gasteiger partial charge is 0.312 e. The molecule has 122 valence electrons. The first-order valence-electron chi connectivity index (χ1n) is 6.65. The van der Waals surface area contributed by atoms with Crippen LogP contribution in [0.25, 0.3) is 0 Å². The maximum absolute atomic E-state index is 12.1. The van der Waals surface area contributed by atoms with Crippen molar-refractivity contribution in [2.24, 2.45) is 10.9 Å². The Balaban J connectivity index is 2.98. The average Bonchev–Trinajstić information content (AvgIpc) is 2.38. The first-order chi connectivity index (χ1) is 10.1. The molecule has 1 unspecified atom stereocenters. The van der Waals surface area contributed by atoms with Gasteiger partial charge in [0.05, 0.1) is 4.90 Å². The lowest BCUT2D eigenvalue weighted by atomic mass is 10.1. The molecule has 6 N–H and O–H groups in total. The highest BCUT2D eigenvalue weighted by Crippen LogP contribution is 2.19. The number of nitrogens with two attached hydrogens (primary N) is 2. The van der Waals surface area contributed by atoms with Gasteiger partial charge in [-0.05, 0) is 31.0 Å². The summed E-state index contributed by atoms with van der Waals surface area (Å²) in [5.41, 5.74) is 5.77. The van der Waals surface area contributed by atoms with Crippen molar-refractivity contribution in [1.29, 1.82) is 0 Å². The van der Waals surface area contributed by atoms with Crippen molar-refractivity contribution in [3.63, 3.8) is 0 Å². The van der Waals surface area contributed by atoms with Crippen molar-refractivity contribution >= 4 is 27.6 Å². The number of rotatable bonds is 6. The van der Waals surface area contributed by atoms with Gasteiger partial charge in [-0.2, -0.15) is 0 Å². The summed E-state index contributed by atoms with van der Waals surface area (Å²) >= 11 is 0. The van der Waals surface area contributed by atoms with Gasteiger partial charge in [0.2, 0.25) is 15.9 Å². The van der Waals surface area contributed by atoms with Crippen molar-refractivity contribution < 1.29 is 18.0 Å². The molecule has 0 bridgehead atoms. The fourth-order valence-corrected chi connectivity index (χ4v) is 2.75. The molecule has 0 spiro atoms. The number of sulfonamides is 1. The van der Waals surface area contributed by atoms with E-state index in [0.717, 1.165) is 0 Å². The predicted molar refractivity (Wildman–Crippen MR) is 82.6 cm³/mol. The topological polar surface area (TPSA) is 144 Å². The maximum atomic E-state index is 12.1. The van der Waals surface area contributed by atoms with Crippen LogP contribution in [0.3, 0.4) is 0 Å². The van der Waals surface area contributed by atoms with Crippen molar-refractivity contribution in [1.82, 2.24) is 5.32 Å². The molecule has 3 amide bonds. The third-order valence-corrected chi connectivity index (χ3v) is 4.03. The molecule has 0 aromatic heterocycles. The lowest BCUT2D eigenvalue weighted by Gasteiger charge is -2.17. The second-order valence-corrected chi connectivity index (χ2v) is 6.39. The van der Waals surface area contributed by atoms with Crippen molar-refractivity contribution in [2.45, 2.75) is 37.6 Å². The quantitative estimate of drug-likeness (QED) is 0.599. The third-order valence-electron chi connectivity index (χ3n) is 2.97. The highest BCUT2D eigenvalue weighted by Gasteiger charge is 2.20. The molecule has 0 aliphatic carbocycles. The van der Waals surface area contributed by atoms with Gasteiger partial charge in [-0.1, -0.05) is 19.4 Å². The van der Waals surface area contributed by atoms with Gasteiger partial charge < -0.3 is 16.4 Å². The van der Waals surface area contributed by atoms with Crippen molar-refractivity contribution in [3.8, 4) is 0 Å². The number of nitrogens with one attached hydrogen (secondary N) is 2. The van der Waals surface area contributed by atoms with Crippen LogP contribution in [0.4, 0.5) is 10.5 Å². The van der Waals surface area contributed by atoms with Gasteiger partial charge in [-0.25, -0.2) is 18.4 Å². The SMILES string of the molecule is CCCC(NC(N)=O)C(=O)Nc1ccc(C)c(S(N)(=O)=O)c1. The first-order valence-corrected chi connectivity index (χ1v) is 8.20. The zero-order chi connectivity index (χ0) is 16.9. The number of carbonyl (C=O) groups is 2. The van der Waals surface area contributed by atoms with Gasteiger partial charge in [0.1, 0.15) is 6.04 Å². The van der Waals surface area contributed by atoms with Crippen LogP contribution >= 0.6 is 0 Å². The molecule has 0 saturated carbocycles. The van der Waals surface area contributed by atoms with Crippen LogP contribution in [0, 0.1) is 6.92 Å². The summed E-state index contributed by atoms with van der Waals surface area (Å²) in [5.74, 6) is -0.482. The van der Waals surface area contributed by atoms with E-state index >= 15 is 0 Å². The number of hydrogen-bond donors (Lipinski definition) is 4. The molecular weight excluding hydrogens is 308 g/mol. The Hall–Kier alpha value is -2.13. The van der Waals surface area contributed by atoms with Crippen LogP contribution in [0.15, 0.2) is 23.1 Å². The van der Waals surface area contributed by atoms with Crippen LogP contribution in [-0.2, 0) is 14.8 Å². The molecule has 22 heavy (non-hydrogen) atoms. The second kappa shape index (κ2) is 7.23. The number of urea groups is 1. The average molecular weight is 328 g/mol. The van der Waals surface area contributed by atoms with E-state index in [4.69, 9.17) is 10.9 Å². The van der Waals surface area contributed by atoms with Gasteiger partial charge in [0.15, 0.2) is 0 Å². The number of primary amides is 1. The van der Waals surface area contributed by atoms with E-state index in [1.54, 1.807) is 13.0 Å². The molecule has 1 aromatic rings. The predicted octanol–water partition coefficient (Wildman–Crippen LogP) is 0.418. The molecule has 0 aliphatic rings. The number of aryl methyl sites for hydroxylation is 1. The lowest BCUT2D eigenvalue weighted by Crippen LogP contribution is -2.46. The third kappa shape index (κ3) is 5.01. The van der Waals surface area contributed by atoms with Gasteiger partial charge in [-0.3, -0.25) is 4.79 Å². The number of hydrogen-bond acceptors (Lipinski definition) is 4. The van der Waals surface area contributed by atoms with Crippen molar-refractivity contribution in [3.05, 3.63) is 23.8 Å². The summed E-state index contributed by atoms with van der Waals surface area (Å²) in [5, 5.41) is 10.0. The van der Waals surface area contributed by atoms with Gasteiger partial charge in [0.25, 0.3) is 0 Å². The molecule has 1 rings (SSSR count). The molecule has 8 nitrogen and oxygen atoms in total. The fraction of sp³-hybridized carbons (Fsp3) is 0.385. The van der Waals surface area contributed by atoms with Crippen LogP contribution < -0.4 is 21.5 Å². The van der Waals surface area contributed by atoms with E-state index < -0.39 is 28.0 Å². The van der Waals surface area contributed by atoms with Gasteiger partial charge in [-0.15, -0.1) is 0 Å². The molecule has 0 heterocycles. The lowest BCUT2D eigenvalue weighted by molar-refractivity contribution is -0.118. The van der Waals surface area contributed by atoms with Crippen LogP contribution in [0.5, 0.6) is 0 Å². The molecule has 0 aliphatic heterocycles. The standard InChI is InChI=1S/C13H20N4O4S/c1-3-4-10(17-13(14)19)12(18)16-9-6-5-8(2)11(7-9)22(15,20)21/h5-7,10H,3-4H2,1-2H3,(H,16,18)(H3,14,17,19)(H2,15,20,21). The Labute approximate surface area is 129 Å². The van der Waals surface area contributed by atoms with Gasteiger partial charge in [0, 0.05) is 5.69 Å². The Morgan fingerprint density at radius 3 is 2.45 bits per heavy atom. The Morgan fingerprint density at radius 2 is 1.95 bits per heavy atom. The van der Waals surface area contributed by atoms with E-state index in [2.05, 4.69) is 10.6 Å². The number of amides is 3. The van der Waals surface area contributed by atoms with E-state index in [-0.39, 0.29) is 10.6 Å².